The van der Waals surface area contributed by atoms with Crippen LogP contribution in [0.1, 0.15) is 190 Å². The first kappa shape index (κ1) is 65.6. The van der Waals surface area contributed by atoms with Gasteiger partial charge in [-0.3, -0.25) is 28.8 Å². The van der Waals surface area contributed by atoms with Gasteiger partial charge in [-0.2, -0.15) is 0 Å². The topological polar surface area (TPSA) is 273 Å². The number of aliphatic hydroxyl groups excluding tert-OH is 6. The smallest absolute Gasteiger partial charge is 0.325 e. The van der Waals surface area contributed by atoms with Crippen molar-refractivity contribution in [3.8, 4) is 0 Å². The molecule has 8 fully saturated rings. The van der Waals surface area contributed by atoms with E-state index in [-0.39, 0.29) is 171 Å². The van der Waals surface area contributed by atoms with E-state index in [1.54, 1.807) is 13.8 Å². The molecule has 0 heterocycles. The molecule has 0 bridgehead atoms. The number of unbranched alkanes of at least 4 members (excludes halogenated alkanes) is 2. The van der Waals surface area contributed by atoms with Crippen LogP contribution in [-0.2, 0) is 38.2 Å². The van der Waals surface area contributed by atoms with Gasteiger partial charge in [0.25, 0.3) is 0 Å². The predicted octanol–water partition coefficient (Wildman–Crippen LogP) is 5.93. The summed E-state index contributed by atoms with van der Waals surface area (Å²) in [5.41, 5.74) is -0.942. The van der Waals surface area contributed by atoms with Crippen molar-refractivity contribution < 1.29 is 68.9 Å². The fourth-order valence-electron chi connectivity index (χ4n) is 20.3. The number of nitrogens with zero attached hydrogens (tertiary/aromatic N) is 2. The van der Waals surface area contributed by atoms with Crippen LogP contribution < -0.4 is 10.6 Å². The number of hydrogen-bond donors (Lipinski definition) is 8. The van der Waals surface area contributed by atoms with E-state index < -0.39 is 59.0 Å². The number of rotatable bonds is 24. The number of esters is 2. The Bertz CT molecular complexity index is 2120. The average molecular weight is 1170 g/mol. The summed E-state index contributed by atoms with van der Waals surface area (Å²) in [6.45, 7) is 16.3. The molecule has 0 spiro atoms. The largest absolute Gasteiger partial charge is 0.465 e. The highest BCUT2D eigenvalue weighted by Crippen LogP contribution is 2.70. The van der Waals surface area contributed by atoms with Gasteiger partial charge in [-0.15, -0.1) is 0 Å². The van der Waals surface area contributed by atoms with Crippen LogP contribution in [0.5, 0.6) is 0 Å². The summed E-state index contributed by atoms with van der Waals surface area (Å²) in [6, 6.07) is 0. The minimum absolute atomic E-state index is 0.0364. The second kappa shape index (κ2) is 27.3. The molecule has 0 aliphatic heterocycles. The second-order valence-electron chi connectivity index (χ2n) is 28.9. The molecule has 0 unspecified atom stereocenters. The summed E-state index contributed by atoms with van der Waals surface area (Å²) in [7, 11) is 0. The standard InChI is InChI=1S/C65H108N4O14/c1-9-82-58(80)34-66-54(76)36-68(56(78)20-14-38(3)44-16-18-46-60-48(32-52(74)64(44,46)7)62(5)24-22-42(70)28-40(62)30-50(60)72)26-12-11-13-27-69(37-55(77)67-35-59(81)83-10-2)57(79)21-15-39(4)45-17-19-47-61-49(33-53(75)65(45,47)8)63(6)25-23-43(71)29-41(63)31-51(61)73/h38-53,60-61,70-75H,9-37H2,1-8H3,(H,66,76)(H,67,77)/t38-,39-,40+,41+,42-,43-,44-,45-,46+,47+,48+,49+,50-,51-,52+,53+,60+,61+,62+,63+,64-,65-/m1/s1. The van der Waals surface area contributed by atoms with Crippen LogP contribution in [0.2, 0.25) is 0 Å². The molecular weight excluding hydrogens is 1060 g/mol. The Hall–Kier alpha value is -3.42. The van der Waals surface area contributed by atoms with Crippen LogP contribution in [0.4, 0.5) is 0 Å². The summed E-state index contributed by atoms with van der Waals surface area (Å²) in [5.74, 6) is -0.952. The van der Waals surface area contributed by atoms with Crippen molar-refractivity contribution in [3.63, 3.8) is 0 Å². The number of fused-ring (bicyclic) bond motifs is 10. The van der Waals surface area contributed by atoms with Crippen LogP contribution >= 0.6 is 0 Å². The number of aliphatic hydroxyl groups is 6. The van der Waals surface area contributed by atoms with Crippen molar-refractivity contribution in [1.82, 2.24) is 20.4 Å². The molecule has 18 nitrogen and oxygen atoms in total. The third-order valence-electron chi connectivity index (χ3n) is 24.9. The Morgan fingerprint density at radius 2 is 0.904 bits per heavy atom. The SMILES string of the molecule is CCOC(=O)CNC(=O)CN(CCCCCN(CC(=O)NCC(=O)OCC)C(=O)CC[C@@H](C)[C@H]1CC[C@H]2[C@@H]3[C@H](O)C[C@@H]4C[C@H](O)CC[C@]4(C)[C@H]3C[C@H](O)[C@]12C)C(=O)CC[C@@H](C)[C@H]1CC[C@H]2[C@@H]3[C@H](O)C[C@@H]4C[C@H](O)CC[C@]4(C)[C@H]3C[C@H](O)[C@]12C. The van der Waals surface area contributed by atoms with Crippen LogP contribution in [0.25, 0.3) is 0 Å². The zero-order valence-electron chi connectivity index (χ0n) is 51.7. The maximum absolute atomic E-state index is 14.3. The van der Waals surface area contributed by atoms with Crippen molar-refractivity contribution in [1.29, 1.82) is 0 Å². The first-order valence-electron chi connectivity index (χ1n) is 32.8. The summed E-state index contributed by atoms with van der Waals surface area (Å²) in [4.78, 5) is 82.7. The van der Waals surface area contributed by atoms with E-state index in [2.05, 4.69) is 52.2 Å². The third-order valence-corrected chi connectivity index (χ3v) is 24.9. The summed E-state index contributed by atoms with van der Waals surface area (Å²) >= 11 is 0. The zero-order chi connectivity index (χ0) is 60.3. The van der Waals surface area contributed by atoms with Gasteiger partial charge >= 0.3 is 11.9 Å². The summed E-state index contributed by atoms with van der Waals surface area (Å²) in [5, 5.41) is 74.3. The minimum Gasteiger partial charge on any atom is -0.465 e. The molecule has 8 N–H and O–H groups in total. The molecule has 22 atom stereocenters. The highest BCUT2D eigenvalue weighted by Gasteiger charge is 2.67. The van der Waals surface area contributed by atoms with Crippen molar-refractivity contribution in [2.75, 3.05) is 52.5 Å². The quantitative estimate of drug-likeness (QED) is 0.0412. The molecule has 18 heteroatoms. The molecule has 8 aliphatic carbocycles. The van der Waals surface area contributed by atoms with E-state index in [9.17, 15) is 59.4 Å². The van der Waals surface area contributed by atoms with E-state index in [0.717, 1.165) is 51.4 Å². The van der Waals surface area contributed by atoms with Crippen LogP contribution in [0.15, 0.2) is 0 Å². The Kier molecular flexibility index (Phi) is 21.6. The normalized spacial score (nSPS) is 40.4. The van der Waals surface area contributed by atoms with Gasteiger partial charge in [0.15, 0.2) is 0 Å². The molecule has 472 valence electrons. The van der Waals surface area contributed by atoms with E-state index in [1.807, 2.05) is 0 Å². The Balaban J connectivity index is 0.875. The lowest BCUT2D eigenvalue weighted by atomic mass is 9.43. The van der Waals surface area contributed by atoms with Gasteiger partial charge in [-0.25, -0.2) is 0 Å². The Morgan fingerprint density at radius 1 is 0.518 bits per heavy atom. The lowest BCUT2D eigenvalue weighted by molar-refractivity contribution is -0.207. The molecule has 4 amide bonds. The Morgan fingerprint density at radius 3 is 1.28 bits per heavy atom. The minimum atomic E-state index is -0.583. The molecule has 83 heavy (non-hydrogen) atoms. The summed E-state index contributed by atoms with van der Waals surface area (Å²) < 4.78 is 10.0. The first-order chi connectivity index (χ1) is 39.3. The van der Waals surface area contributed by atoms with Crippen molar-refractivity contribution in [2.24, 2.45) is 92.7 Å². The number of hydrogen-bond acceptors (Lipinski definition) is 14. The Labute approximate surface area is 495 Å². The van der Waals surface area contributed by atoms with Crippen molar-refractivity contribution >= 4 is 35.6 Å². The number of ether oxygens (including phenoxy) is 2. The van der Waals surface area contributed by atoms with Crippen LogP contribution in [0, 0.1) is 92.7 Å². The summed E-state index contributed by atoms with van der Waals surface area (Å²) in [6.07, 6.45) is 11.1. The maximum atomic E-state index is 14.3. The van der Waals surface area contributed by atoms with E-state index in [1.165, 1.54) is 9.80 Å². The maximum Gasteiger partial charge on any atom is 0.325 e. The van der Waals surface area contributed by atoms with Gasteiger partial charge in [0.2, 0.25) is 23.6 Å². The van der Waals surface area contributed by atoms with Gasteiger partial charge in [0.1, 0.15) is 13.1 Å². The predicted molar refractivity (Wildman–Crippen MR) is 311 cm³/mol. The molecule has 0 aromatic carbocycles. The number of amides is 4. The van der Waals surface area contributed by atoms with Crippen LogP contribution in [-0.4, -0.2) is 165 Å². The molecule has 0 saturated heterocycles. The van der Waals surface area contributed by atoms with Gasteiger partial charge in [-0.1, -0.05) is 41.5 Å². The fourth-order valence-corrected chi connectivity index (χ4v) is 20.3. The molecular formula is C65H108N4O14. The number of carbonyl (C=O) groups is 6. The van der Waals surface area contributed by atoms with Gasteiger partial charge < -0.3 is 60.5 Å². The molecule has 0 aromatic heterocycles. The molecule has 0 aromatic rings. The molecule has 8 rings (SSSR count). The van der Waals surface area contributed by atoms with E-state index in [0.29, 0.717) is 70.6 Å². The van der Waals surface area contributed by atoms with Gasteiger partial charge in [-0.05, 0) is 229 Å². The van der Waals surface area contributed by atoms with E-state index in [4.69, 9.17) is 9.47 Å². The second-order valence-corrected chi connectivity index (χ2v) is 28.9. The lowest BCUT2D eigenvalue weighted by Gasteiger charge is -2.63. The first-order valence-corrected chi connectivity index (χ1v) is 32.8. The molecule has 8 aliphatic rings. The zero-order valence-corrected chi connectivity index (χ0v) is 51.7. The third kappa shape index (κ3) is 13.5. The fraction of sp³-hybridized carbons (Fsp3) is 0.908. The average Bonchev–Trinajstić information content (AvgIpc) is 1.82. The van der Waals surface area contributed by atoms with Crippen molar-refractivity contribution in [3.05, 3.63) is 0 Å². The lowest BCUT2D eigenvalue weighted by Crippen LogP contribution is -2.62. The molecule has 0 radical (unpaired) electrons. The van der Waals surface area contributed by atoms with Gasteiger partial charge in [0.05, 0.1) is 62.9 Å². The highest BCUT2D eigenvalue weighted by atomic mass is 16.5. The van der Waals surface area contributed by atoms with E-state index >= 15 is 0 Å². The molecule has 8 saturated carbocycles. The van der Waals surface area contributed by atoms with Crippen LogP contribution in [0.3, 0.4) is 0 Å². The number of nitrogens with one attached hydrogen (secondary N) is 2. The van der Waals surface area contributed by atoms with Crippen molar-refractivity contribution in [2.45, 2.75) is 227 Å². The highest BCUT2D eigenvalue weighted by molar-refractivity contribution is 5.88. The van der Waals surface area contributed by atoms with Gasteiger partial charge in [0, 0.05) is 25.9 Å². The monoisotopic (exact) mass is 1170 g/mol. The number of carbonyl (C=O) groups excluding carboxylic acids is 6.